The first-order valence-electron chi connectivity index (χ1n) is 7.43. The molecule has 0 amide bonds. The van der Waals surface area contributed by atoms with E-state index in [0.29, 0.717) is 11.8 Å². The number of anilines is 1. The molecule has 0 spiro atoms. The number of hydrogen-bond acceptors (Lipinski definition) is 4. The lowest BCUT2D eigenvalue weighted by atomic mass is 9.91. The van der Waals surface area contributed by atoms with Gasteiger partial charge in [0.05, 0.1) is 12.8 Å². The van der Waals surface area contributed by atoms with Gasteiger partial charge in [-0.15, -0.1) is 11.3 Å². The van der Waals surface area contributed by atoms with Gasteiger partial charge in [0.2, 0.25) is 5.43 Å². The zero-order valence-electron chi connectivity index (χ0n) is 12.8. The Balaban J connectivity index is 2.07. The van der Waals surface area contributed by atoms with Crippen molar-refractivity contribution in [3.05, 3.63) is 33.8 Å². The van der Waals surface area contributed by atoms with Gasteiger partial charge in [0.1, 0.15) is 5.75 Å². The number of nitrogens with zero attached hydrogens (tertiary/aromatic N) is 1. The van der Waals surface area contributed by atoms with E-state index in [-0.39, 0.29) is 5.43 Å². The van der Waals surface area contributed by atoms with E-state index in [0.717, 1.165) is 34.6 Å². The van der Waals surface area contributed by atoms with Crippen molar-refractivity contribution in [2.75, 3.05) is 25.1 Å². The first-order valence-corrected chi connectivity index (χ1v) is 8.31. The Bertz CT molecular complexity index is 699. The van der Waals surface area contributed by atoms with Crippen LogP contribution >= 0.6 is 11.3 Å². The maximum atomic E-state index is 12.8. The third kappa shape index (κ3) is 2.77. The predicted octanol–water partition coefficient (Wildman–Crippen LogP) is 3.75. The molecule has 4 heteroatoms. The summed E-state index contributed by atoms with van der Waals surface area (Å²) in [5, 5.41) is 2.78. The Morgan fingerprint density at radius 1 is 1.24 bits per heavy atom. The summed E-state index contributed by atoms with van der Waals surface area (Å²) >= 11 is 1.64. The van der Waals surface area contributed by atoms with Gasteiger partial charge in [-0.25, -0.2) is 0 Å². The molecule has 0 radical (unpaired) electrons. The molecular weight excluding hydrogens is 282 g/mol. The van der Waals surface area contributed by atoms with Crippen LogP contribution in [0.2, 0.25) is 0 Å². The van der Waals surface area contributed by atoms with Gasteiger partial charge in [-0.3, -0.25) is 4.79 Å². The predicted molar refractivity (Wildman–Crippen MR) is 89.8 cm³/mol. The van der Waals surface area contributed by atoms with E-state index < -0.39 is 0 Å². The number of rotatable bonds is 2. The first kappa shape index (κ1) is 14.4. The smallest absolute Gasteiger partial charge is 0.211 e. The van der Waals surface area contributed by atoms with Crippen LogP contribution in [-0.2, 0) is 0 Å². The Morgan fingerprint density at radius 2 is 1.95 bits per heavy atom. The van der Waals surface area contributed by atoms with Crippen LogP contribution in [0.4, 0.5) is 5.69 Å². The summed E-state index contributed by atoms with van der Waals surface area (Å²) in [4.78, 5) is 15.1. The maximum absolute atomic E-state index is 12.8. The van der Waals surface area contributed by atoms with Gasteiger partial charge in [0.25, 0.3) is 0 Å². The van der Waals surface area contributed by atoms with Crippen molar-refractivity contribution in [2.24, 2.45) is 11.8 Å². The van der Waals surface area contributed by atoms with E-state index in [1.165, 1.54) is 6.42 Å². The Morgan fingerprint density at radius 3 is 2.62 bits per heavy atom. The van der Waals surface area contributed by atoms with Crippen LogP contribution < -0.4 is 15.1 Å². The highest BCUT2D eigenvalue weighted by molar-refractivity contribution is 7.16. The van der Waals surface area contributed by atoms with Crippen LogP contribution in [0.25, 0.3) is 10.1 Å². The van der Waals surface area contributed by atoms with Crippen LogP contribution in [0.1, 0.15) is 20.3 Å². The van der Waals surface area contributed by atoms with Gasteiger partial charge in [0, 0.05) is 28.6 Å². The SMILES string of the molecule is COc1ccc2scc(N3C[C@H](C)C[C@@H](C)C3)c(=O)c2c1. The molecule has 0 bridgehead atoms. The van der Waals surface area contributed by atoms with Crippen molar-refractivity contribution in [1.29, 1.82) is 0 Å². The van der Waals surface area contributed by atoms with Gasteiger partial charge in [-0.05, 0) is 36.5 Å². The van der Waals surface area contributed by atoms with Crippen LogP contribution in [0.5, 0.6) is 5.75 Å². The largest absolute Gasteiger partial charge is 0.497 e. The second-order valence-electron chi connectivity index (χ2n) is 6.16. The number of benzene rings is 1. The molecule has 3 nitrogen and oxygen atoms in total. The van der Waals surface area contributed by atoms with Crippen molar-refractivity contribution in [3.8, 4) is 5.75 Å². The van der Waals surface area contributed by atoms with Gasteiger partial charge in [-0.2, -0.15) is 0 Å². The summed E-state index contributed by atoms with van der Waals surface area (Å²) in [5.74, 6) is 2.02. The number of fused-ring (bicyclic) bond motifs is 1. The van der Waals surface area contributed by atoms with Crippen molar-refractivity contribution in [1.82, 2.24) is 0 Å². The fourth-order valence-electron chi connectivity index (χ4n) is 3.30. The topological polar surface area (TPSA) is 29.5 Å². The highest BCUT2D eigenvalue weighted by atomic mass is 32.1. The highest BCUT2D eigenvalue weighted by Gasteiger charge is 2.24. The quantitative estimate of drug-likeness (QED) is 0.846. The number of methoxy groups -OCH3 is 1. The summed E-state index contributed by atoms with van der Waals surface area (Å²) in [6.07, 6.45) is 1.25. The number of ether oxygens (including phenoxy) is 1. The Hall–Kier alpha value is -1.55. The second-order valence-corrected chi connectivity index (χ2v) is 7.07. The van der Waals surface area contributed by atoms with Crippen molar-refractivity contribution >= 4 is 27.1 Å². The van der Waals surface area contributed by atoms with Crippen molar-refractivity contribution in [2.45, 2.75) is 20.3 Å². The zero-order valence-corrected chi connectivity index (χ0v) is 13.6. The van der Waals surface area contributed by atoms with E-state index in [2.05, 4.69) is 18.7 Å². The van der Waals surface area contributed by atoms with E-state index in [9.17, 15) is 4.79 Å². The fourth-order valence-corrected chi connectivity index (χ4v) is 4.22. The number of hydrogen-bond donors (Lipinski definition) is 0. The second kappa shape index (κ2) is 5.68. The third-order valence-electron chi connectivity index (χ3n) is 4.17. The molecule has 1 fully saturated rings. The van der Waals surface area contributed by atoms with Crippen LogP contribution in [0.3, 0.4) is 0 Å². The molecule has 2 atom stereocenters. The molecule has 1 aromatic heterocycles. The van der Waals surface area contributed by atoms with E-state index in [4.69, 9.17) is 4.74 Å². The van der Waals surface area contributed by atoms with Crippen LogP contribution in [0.15, 0.2) is 28.4 Å². The molecule has 2 aromatic rings. The molecule has 112 valence electrons. The standard InChI is InChI=1S/C17H21NO2S/c1-11-6-12(2)9-18(8-11)15-10-21-16-5-4-13(20-3)7-14(16)17(15)19/h4-5,7,10-12H,6,8-9H2,1-3H3/t11-,12-/m1/s1. The van der Waals surface area contributed by atoms with Crippen molar-refractivity contribution in [3.63, 3.8) is 0 Å². The van der Waals surface area contributed by atoms with E-state index in [1.807, 2.05) is 23.6 Å². The summed E-state index contributed by atoms with van der Waals surface area (Å²) in [6.45, 7) is 6.48. The summed E-state index contributed by atoms with van der Waals surface area (Å²) in [6, 6.07) is 5.73. The minimum absolute atomic E-state index is 0.129. The van der Waals surface area contributed by atoms with E-state index in [1.54, 1.807) is 18.4 Å². The lowest BCUT2D eigenvalue weighted by Crippen LogP contribution is -2.40. The Kier molecular flexibility index (Phi) is 3.89. The summed E-state index contributed by atoms with van der Waals surface area (Å²) in [5.41, 5.74) is 0.975. The monoisotopic (exact) mass is 303 g/mol. The molecule has 0 N–H and O–H groups in total. The van der Waals surface area contributed by atoms with Gasteiger partial charge in [0.15, 0.2) is 0 Å². The lowest BCUT2D eigenvalue weighted by molar-refractivity contribution is 0.356. The zero-order chi connectivity index (χ0) is 15.0. The van der Waals surface area contributed by atoms with E-state index >= 15 is 0 Å². The minimum atomic E-state index is 0.129. The van der Waals surface area contributed by atoms with Gasteiger partial charge < -0.3 is 9.64 Å². The molecular formula is C17H21NO2S. The summed E-state index contributed by atoms with van der Waals surface area (Å²) in [7, 11) is 1.63. The maximum Gasteiger partial charge on any atom is 0.211 e. The molecule has 1 aromatic carbocycles. The van der Waals surface area contributed by atoms with Gasteiger partial charge in [-0.1, -0.05) is 13.8 Å². The van der Waals surface area contributed by atoms with Crippen LogP contribution in [-0.4, -0.2) is 20.2 Å². The molecule has 1 aliphatic rings. The Labute approximate surface area is 129 Å². The van der Waals surface area contributed by atoms with Crippen LogP contribution in [0, 0.1) is 11.8 Å². The average Bonchev–Trinajstić information content (AvgIpc) is 2.46. The molecule has 3 rings (SSSR count). The van der Waals surface area contributed by atoms with Gasteiger partial charge >= 0.3 is 0 Å². The molecule has 21 heavy (non-hydrogen) atoms. The third-order valence-corrected chi connectivity index (χ3v) is 5.12. The lowest BCUT2D eigenvalue weighted by Gasteiger charge is -2.36. The molecule has 1 aliphatic heterocycles. The fraction of sp³-hybridized carbons (Fsp3) is 0.471. The highest BCUT2D eigenvalue weighted by Crippen LogP contribution is 2.28. The normalized spacial score (nSPS) is 22.5. The molecule has 2 heterocycles. The molecule has 1 saturated heterocycles. The molecule has 0 aliphatic carbocycles. The summed E-state index contributed by atoms with van der Waals surface area (Å²) < 4.78 is 6.27. The minimum Gasteiger partial charge on any atom is -0.497 e. The molecule has 0 unspecified atom stereocenters. The van der Waals surface area contributed by atoms with Crippen molar-refractivity contribution < 1.29 is 4.74 Å². The molecule has 0 saturated carbocycles. The first-order chi connectivity index (χ1) is 10.1. The average molecular weight is 303 g/mol. The number of piperidine rings is 1.